The van der Waals surface area contributed by atoms with E-state index >= 15 is 0 Å². The van der Waals surface area contributed by atoms with Gasteiger partial charge >= 0.3 is 6.09 Å². The normalized spacial score (nSPS) is 21.2. The van der Waals surface area contributed by atoms with E-state index in [4.69, 9.17) is 14.2 Å². The monoisotopic (exact) mass is 529 g/mol. The number of rotatable bonds is 11. The minimum atomic E-state index is -0.604. The highest BCUT2D eigenvalue weighted by molar-refractivity contribution is 5.70. The van der Waals surface area contributed by atoms with E-state index < -0.39 is 5.60 Å². The Morgan fingerprint density at radius 2 is 1.18 bits per heavy atom. The van der Waals surface area contributed by atoms with Crippen LogP contribution in [-0.4, -0.2) is 40.9 Å². The second-order valence-electron chi connectivity index (χ2n) is 11.4. The average molecular weight is 530 g/mol. The Morgan fingerprint density at radius 1 is 0.718 bits per heavy atom. The van der Waals surface area contributed by atoms with Crippen molar-refractivity contribution in [2.45, 2.75) is 96.5 Å². The third-order valence-electron chi connectivity index (χ3n) is 7.11. The average Bonchev–Trinajstić information content (AvgIpc) is 3.22. The largest absolute Gasteiger partial charge is 0.444 e. The quantitative estimate of drug-likeness (QED) is 0.257. The molecule has 0 spiro atoms. The lowest BCUT2D eigenvalue weighted by molar-refractivity contribution is -0.0793. The molecule has 5 heteroatoms. The van der Waals surface area contributed by atoms with Crippen LogP contribution in [0.4, 0.5) is 4.79 Å². The lowest BCUT2D eigenvalue weighted by atomic mass is 9.99. The summed E-state index contributed by atoms with van der Waals surface area (Å²) in [6.07, 6.45) is 2.59. The van der Waals surface area contributed by atoms with E-state index in [-0.39, 0.29) is 30.4 Å². The molecule has 3 aromatic rings. The van der Waals surface area contributed by atoms with Crippen molar-refractivity contribution in [3.8, 4) is 0 Å². The first-order valence-corrected chi connectivity index (χ1v) is 14.2. The number of carbonyl (C=O) groups excluding carboxylic acids is 1. The molecule has 1 fully saturated rings. The number of hydrogen-bond donors (Lipinski definition) is 0. The van der Waals surface area contributed by atoms with Gasteiger partial charge in [-0.25, -0.2) is 4.79 Å². The standard InChI is InChI=1S/C34H43NO4/c1-5-6-22-29-31(37-24-27-18-12-8-13-19-27)32(38-25-28-20-14-9-15-21-28)30(23-26-16-10-7-11-17-26)35(29)33(36)39-34(2,3)4/h7-21,29-32H,5-6,22-25H2,1-4H3/t29-,30+,31-,32-/m1/s1. The summed E-state index contributed by atoms with van der Waals surface area (Å²) in [5.41, 5.74) is 2.75. The maximum absolute atomic E-state index is 13.9. The first kappa shape index (κ1) is 28.8. The number of ether oxygens (including phenoxy) is 3. The summed E-state index contributed by atoms with van der Waals surface area (Å²) in [7, 11) is 0. The molecule has 1 aliphatic heterocycles. The van der Waals surface area contributed by atoms with Crippen molar-refractivity contribution >= 4 is 6.09 Å². The van der Waals surface area contributed by atoms with E-state index in [1.54, 1.807) is 0 Å². The van der Waals surface area contributed by atoms with Gasteiger partial charge in [0.15, 0.2) is 0 Å². The van der Waals surface area contributed by atoms with Crippen LogP contribution in [0.15, 0.2) is 91.0 Å². The molecule has 4 rings (SSSR count). The molecule has 4 atom stereocenters. The van der Waals surface area contributed by atoms with Gasteiger partial charge in [-0.1, -0.05) is 111 Å². The molecular formula is C34H43NO4. The van der Waals surface area contributed by atoms with Crippen molar-refractivity contribution < 1.29 is 19.0 Å². The number of amides is 1. The highest BCUT2D eigenvalue weighted by Gasteiger charge is 2.53. The zero-order valence-electron chi connectivity index (χ0n) is 23.8. The number of unbranched alkanes of at least 4 members (excludes halogenated alkanes) is 1. The molecule has 0 N–H and O–H groups in total. The molecule has 208 valence electrons. The first-order chi connectivity index (χ1) is 18.9. The smallest absolute Gasteiger partial charge is 0.410 e. The summed E-state index contributed by atoms with van der Waals surface area (Å²) >= 11 is 0. The van der Waals surface area contributed by atoms with Gasteiger partial charge < -0.3 is 14.2 Å². The minimum absolute atomic E-state index is 0.155. The third-order valence-corrected chi connectivity index (χ3v) is 7.11. The lowest BCUT2D eigenvalue weighted by Crippen LogP contribution is -2.47. The van der Waals surface area contributed by atoms with Crippen LogP contribution in [0.2, 0.25) is 0 Å². The second kappa shape index (κ2) is 13.8. The van der Waals surface area contributed by atoms with Crippen LogP contribution in [0.5, 0.6) is 0 Å². The Morgan fingerprint density at radius 3 is 1.64 bits per heavy atom. The molecule has 0 saturated carbocycles. The molecule has 1 aliphatic rings. The predicted molar refractivity (Wildman–Crippen MR) is 155 cm³/mol. The fraction of sp³-hybridized carbons (Fsp3) is 0.441. The molecule has 39 heavy (non-hydrogen) atoms. The van der Waals surface area contributed by atoms with Gasteiger partial charge in [-0.2, -0.15) is 0 Å². The maximum atomic E-state index is 13.9. The van der Waals surface area contributed by atoms with Crippen LogP contribution in [0.3, 0.4) is 0 Å². The fourth-order valence-electron chi connectivity index (χ4n) is 5.32. The number of hydrogen-bond acceptors (Lipinski definition) is 4. The van der Waals surface area contributed by atoms with E-state index in [1.807, 2.05) is 80.3 Å². The van der Waals surface area contributed by atoms with Gasteiger partial charge in [-0.15, -0.1) is 0 Å². The topological polar surface area (TPSA) is 48.0 Å². The summed E-state index contributed by atoms with van der Waals surface area (Å²) in [5, 5.41) is 0. The Balaban J connectivity index is 1.71. The Kier molecular flexibility index (Phi) is 10.2. The number of likely N-dealkylation sites (tertiary alicyclic amines) is 1. The molecule has 1 amide bonds. The van der Waals surface area contributed by atoms with E-state index in [0.717, 1.165) is 36.0 Å². The summed E-state index contributed by atoms with van der Waals surface area (Å²) < 4.78 is 19.4. The van der Waals surface area contributed by atoms with Crippen LogP contribution in [0, 0.1) is 0 Å². The van der Waals surface area contributed by atoms with E-state index in [0.29, 0.717) is 19.6 Å². The Bertz CT molecular complexity index is 1130. The van der Waals surface area contributed by atoms with Crippen LogP contribution >= 0.6 is 0 Å². The predicted octanol–water partition coefficient (Wildman–Crippen LogP) is 7.58. The molecule has 0 aromatic heterocycles. The molecule has 1 saturated heterocycles. The molecule has 3 aromatic carbocycles. The minimum Gasteiger partial charge on any atom is -0.444 e. The summed E-state index contributed by atoms with van der Waals surface area (Å²) in [6.45, 7) is 8.84. The van der Waals surface area contributed by atoms with Crippen LogP contribution in [0.25, 0.3) is 0 Å². The first-order valence-electron chi connectivity index (χ1n) is 14.2. The number of nitrogens with zero attached hydrogens (tertiary/aromatic N) is 1. The highest BCUT2D eigenvalue weighted by atomic mass is 16.6. The molecule has 0 radical (unpaired) electrons. The van der Waals surface area contributed by atoms with Gasteiger partial charge in [0.05, 0.1) is 25.3 Å². The van der Waals surface area contributed by atoms with Gasteiger partial charge in [0, 0.05) is 0 Å². The van der Waals surface area contributed by atoms with Crippen LogP contribution in [-0.2, 0) is 33.8 Å². The lowest BCUT2D eigenvalue weighted by Gasteiger charge is -2.33. The third kappa shape index (κ3) is 8.17. The van der Waals surface area contributed by atoms with Crippen molar-refractivity contribution in [3.63, 3.8) is 0 Å². The summed E-state index contributed by atoms with van der Waals surface area (Å²) in [6, 6.07) is 30.3. The van der Waals surface area contributed by atoms with Gasteiger partial charge in [0.25, 0.3) is 0 Å². The van der Waals surface area contributed by atoms with Crippen molar-refractivity contribution in [2.75, 3.05) is 0 Å². The fourth-order valence-corrected chi connectivity index (χ4v) is 5.32. The van der Waals surface area contributed by atoms with Crippen LogP contribution in [0.1, 0.15) is 63.6 Å². The Hall–Kier alpha value is -3.15. The molecular weight excluding hydrogens is 486 g/mol. The van der Waals surface area contributed by atoms with Crippen molar-refractivity contribution in [1.82, 2.24) is 4.90 Å². The van der Waals surface area contributed by atoms with E-state index in [9.17, 15) is 4.79 Å². The van der Waals surface area contributed by atoms with Gasteiger partial charge in [0.2, 0.25) is 0 Å². The van der Waals surface area contributed by atoms with Crippen molar-refractivity contribution in [1.29, 1.82) is 0 Å². The number of benzene rings is 3. The van der Waals surface area contributed by atoms with Crippen molar-refractivity contribution in [3.05, 3.63) is 108 Å². The molecule has 5 nitrogen and oxygen atoms in total. The van der Waals surface area contributed by atoms with Crippen molar-refractivity contribution in [2.24, 2.45) is 0 Å². The van der Waals surface area contributed by atoms with E-state index in [1.165, 1.54) is 0 Å². The van der Waals surface area contributed by atoms with Crippen LogP contribution < -0.4 is 0 Å². The highest BCUT2D eigenvalue weighted by Crippen LogP contribution is 2.37. The maximum Gasteiger partial charge on any atom is 0.410 e. The zero-order chi connectivity index (χ0) is 27.7. The van der Waals surface area contributed by atoms with Gasteiger partial charge in [-0.3, -0.25) is 4.90 Å². The molecule has 1 heterocycles. The molecule has 0 bridgehead atoms. The molecule has 0 unspecified atom stereocenters. The number of carbonyl (C=O) groups is 1. The van der Waals surface area contributed by atoms with E-state index in [2.05, 4.69) is 43.3 Å². The SMILES string of the molecule is CCCC[C@@H]1[C@@H](OCc2ccccc2)[C@H](OCc2ccccc2)[C@H](Cc2ccccc2)N1C(=O)OC(C)(C)C. The zero-order valence-corrected chi connectivity index (χ0v) is 23.8. The Labute approximate surface area is 234 Å². The van der Waals surface area contributed by atoms with Gasteiger partial charge in [-0.05, 0) is 50.3 Å². The summed E-state index contributed by atoms with van der Waals surface area (Å²) in [4.78, 5) is 15.8. The second-order valence-corrected chi connectivity index (χ2v) is 11.4. The molecule has 0 aliphatic carbocycles. The summed E-state index contributed by atoms with van der Waals surface area (Å²) in [5.74, 6) is 0. The van der Waals surface area contributed by atoms with Gasteiger partial charge in [0.1, 0.15) is 17.8 Å².